The molecular weight excluding hydrogens is 312 g/mol. The number of hydrogen-bond donors (Lipinski definition) is 2. The van der Waals surface area contributed by atoms with Crippen LogP contribution >= 0.6 is 0 Å². The van der Waals surface area contributed by atoms with Gasteiger partial charge in [-0.25, -0.2) is 0 Å². The Kier molecular flexibility index (Phi) is 7.48. The Labute approximate surface area is 150 Å². The van der Waals surface area contributed by atoms with Crippen LogP contribution in [0.1, 0.15) is 45.2 Å². The zero-order chi connectivity index (χ0) is 18.1. The van der Waals surface area contributed by atoms with E-state index in [-0.39, 0.29) is 11.9 Å². The van der Waals surface area contributed by atoms with Crippen molar-refractivity contribution in [2.45, 2.75) is 45.7 Å². The first-order valence-corrected chi connectivity index (χ1v) is 9.12. The van der Waals surface area contributed by atoms with Gasteiger partial charge in [-0.3, -0.25) is 4.79 Å². The lowest BCUT2D eigenvalue weighted by atomic mass is 10.0. The molecule has 2 aromatic carbocycles. The maximum atomic E-state index is 13.0. The van der Waals surface area contributed by atoms with Crippen LogP contribution in [0.15, 0.2) is 54.6 Å². The molecule has 0 spiro atoms. The van der Waals surface area contributed by atoms with Crippen LogP contribution in [0.5, 0.6) is 5.75 Å². The van der Waals surface area contributed by atoms with Gasteiger partial charge in [-0.2, -0.15) is 0 Å². The third kappa shape index (κ3) is 5.33. The minimum Gasteiger partial charge on any atom is -0.492 e. The fourth-order valence-electron chi connectivity index (χ4n) is 2.91. The van der Waals surface area contributed by atoms with Crippen molar-refractivity contribution in [1.82, 2.24) is 0 Å². The largest absolute Gasteiger partial charge is 0.492 e. The molecule has 0 radical (unpaired) electrons. The van der Waals surface area contributed by atoms with Gasteiger partial charge in [0.2, 0.25) is 0 Å². The Morgan fingerprint density at radius 2 is 1.64 bits per heavy atom. The van der Waals surface area contributed by atoms with Crippen molar-refractivity contribution in [2.75, 3.05) is 11.9 Å². The molecule has 0 heterocycles. The van der Waals surface area contributed by atoms with Crippen LogP contribution in [-0.2, 0) is 4.79 Å². The van der Waals surface area contributed by atoms with Crippen molar-refractivity contribution >= 4 is 11.6 Å². The fourth-order valence-corrected chi connectivity index (χ4v) is 2.91. The summed E-state index contributed by atoms with van der Waals surface area (Å²) < 4.78 is 5.62. The van der Waals surface area contributed by atoms with E-state index < -0.39 is 0 Å². The first-order chi connectivity index (χ1) is 12.2. The average molecular weight is 341 g/mol. The summed E-state index contributed by atoms with van der Waals surface area (Å²) in [6.45, 7) is 6.82. The lowest BCUT2D eigenvalue weighted by Crippen LogP contribution is -2.92. The highest BCUT2D eigenvalue weighted by Gasteiger charge is 2.27. The van der Waals surface area contributed by atoms with Gasteiger partial charge in [0.05, 0.1) is 18.3 Å². The summed E-state index contributed by atoms with van der Waals surface area (Å²) in [7, 11) is 0. The lowest BCUT2D eigenvalue weighted by Gasteiger charge is -2.21. The lowest BCUT2D eigenvalue weighted by molar-refractivity contribution is -0.715. The van der Waals surface area contributed by atoms with Crippen molar-refractivity contribution in [1.29, 1.82) is 0 Å². The molecule has 0 aromatic heterocycles. The minimum absolute atomic E-state index is 0.0229. The molecule has 0 aliphatic heterocycles. The van der Waals surface area contributed by atoms with Gasteiger partial charge in [-0.15, -0.1) is 0 Å². The van der Waals surface area contributed by atoms with Gasteiger partial charge in [0.1, 0.15) is 5.75 Å². The monoisotopic (exact) mass is 341 g/mol. The second-order valence-corrected chi connectivity index (χ2v) is 6.08. The fraction of sp³-hybridized carbons (Fsp3) is 0.381. The number of anilines is 1. The molecule has 0 saturated heterocycles. The number of carbonyl (C=O) groups excluding carboxylic acids is 1. The van der Waals surface area contributed by atoms with E-state index in [2.05, 4.69) is 24.5 Å². The standard InChI is InChI=1S/C21H28N2O2/c1-4-17(5-2)22-20(16-12-8-7-9-13-16)21(24)23-18-14-10-11-15-19(18)25-6-3/h7-15,17,20,22H,4-6H2,1-3H3,(H,23,24)/p+1/t20-/m1/s1. The zero-order valence-electron chi connectivity index (χ0n) is 15.4. The van der Waals surface area contributed by atoms with E-state index in [0.717, 1.165) is 18.4 Å². The van der Waals surface area contributed by atoms with Gasteiger partial charge in [0, 0.05) is 5.56 Å². The molecule has 3 N–H and O–H groups in total. The summed E-state index contributed by atoms with van der Waals surface area (Å²) in [5.74, 6) is 0.679. The molecule has 1 amide bonds. The molecule has 1 atom stereocenters. The average Bonchev–Trinajstić information content (AvgIpc) is 2.65. The molecule has 134 valence electrons. The van der Waals surface area contributed by atoms with Crippen LogP contribution in [-0.4, -0.2) is 18.6 Å². The molecule has 2 rings (SSSR count). The number of para-hydroxylation sites is 2. The number of nitrogens with one attached hydrogen (secondary N) is 1. The predicted octanol–water partition coefficient (Wildman–Crippen LogP) is 3.52. The molecule has 4 heteroatoms. The zero-order valence-corrected chi connectivity index (χ0v) is 15.4. The van der Waals surface area contributed by atoms with Crippen LogP contribution < -0.4 is 15.4 Å². The molecule has 0 fully saturated rings. The highest BCUT2D eigenvalue weighted by Crippen LogP contribution is 2.24. The normalized spacial score (nSPS) is 12.0. The molecular formula is C21H29N2O2+. The number of ether oxygens (including phenoxy) is 1. The number of carbonyl (C=O) groups is 1. The Bertz CT molecular complexity index is 654. The number of quaternary nitrogens is 1. The summed E-state index contributed by atoms with van der Waals surface area (Å²) >= 11 is 0. The first kappa shape index (κ1) is 19.0. The topological polar surface area (TPSA) is 54.9 Å². The van der Waals surface area contributed by atoms with Gasteiger partial charge in [0.15, 0.2) is 6.04 Å². The van der Waals surface area contributed by atoms with E-state index in [1.807, 2.05) is 61.5 Å². The van der Waals surface area contributed by atoms with Gasteiger partial charge in [0.25, 0.3) is 5.91 Å². The quantitative estimate of drug-likeness (QED) is 0.733. The maximum Gasteiger partial charge on any atom is 0.287 e. The third-order valence-corrected chi connectivity index (χ3v) is 4.40. The molecule has 0 aliphatic rings. The van der Waals surface area contributed by atoms with E-state index in [1.165, 1.54) is 0 Å². The Hall–Kier alpha value is -2.33. The van der Waals surface area contributed by atoms with E-state index in [9.17, 15) is 4.79 Å². The first-order valence-electron chi connectivity index (χ1n) is 9.12. The van der Waals surface area contributed by atoms with Crippen LogP contribution in [0.4, 0.5) is 5.69 Å². The number of rotatable bonds is 9. The van der Waals surface area contributed by atoms with E-state index in [0.29, 0.717) is 24.1 Å². The second-order valence-electron chi connectivity index (χ2n) is 6.08. The van der Waals surface area contributed by atoms with Gasteiger partial charge < -0.3 is 15.4 Å². The van der Waals surface area contributed by atoms with Crippen molar-refractivity contribution in [3.05, 3.63) is 60.2 Å². The Balaban J connectivity index is 2.23. The number of amides is 1. The van der Waals surface area contributed by atoms with Crippen LogP contribution in [0, 0.1) is 0 Å². The SMILES string of the molecule is CCOc1ccccc1NC(=O)[C@H]([NH2+]C(CC)CC)c1ccccc1. The number of nitrogens with two attached hydrogens (primary N) is 1. The summed E-state index contributed by atoms with van der Waals surface area (Å²) in [4.78, 5) is 13.0. The van der Waals surface area contributed by atoms with Crippen molar-refractivity contribution in [2.24, 2.45) is 0 Å². The van der Waals surface area contributed by atoms with E-state index >= 15 is 0 Å². The molecule has 25 heavy (non-hydrogen) atoms. The molecule has 0 unspecified atom stereocenters. The Morgan fingerprint density at radius 1 is 1.00 bits per heavy atom. The van der Waals surface area contributed by atoms with Gasteiger partial charge in [-0.1, -0.05) is 56.3 Å². The molecule has 0 aliphatic carbocycles. The predicted molar refractivity (Wildman–Crippen MR) is 102 cm³/mol. The summed E-state index contributed by atoms with van der Waals surface area (Å²) in [6, 6.07) is 17.7. The van der Waals surface area contributed by atoms with E-state index in [4.69, 9.17) is 4.74 Å². The summed E-state index contributed by atoms with van der Waals surface area (Å²) in [5.41, 5.74) is 1.73. The highest BCUT2D eigenvalue weighted by molar-refractivity contribution is 5.95. The van der Waals surface area contributed by atoms with Crippen molar-refractivity contribution < 1.29 is 14.8 Å². The summed E-state index contributed by atoms with van der Waals surface area (Å²) in [6.07, 6.45) is 2.06. The minimum atomic E-state index is -0.277. The number of hydrogen-bond acceptors (Lipinski definition) is 2. The molecule has 0 bridgehead atoms. The summed E-state index contributed by atoms with van der Waals surface area (Å²) in [5, 5.41) is 5.23. The third-order valence-electron chi connectivity index (χ3n) is 4.40. The number of benzene rings is 2. The maximum absolute atomic E-state index is 13.0. The van der Waals surface area contributed by atoms with Crippen molar-refractivity contribution in [3.63, 3.8) is 0 Å². The van der Waals surface area contributed by atoms with Crippen LogP contribution in [0.2, 0.25) is 0 Å². The van der Waals surface area contributed by atoms with Gasteiger partial charge in [-0.05, 0) is 31.9 Å². The second kappa shape index (κ2) is 9.84. The van der Waals surface area contributed by atoms with Crippen LogP contribution in [0.25, 0.3) is 0 Å². The Morgan fingerprint density at radius 3 is 2.28 bits per heavy atom. The molecule has 2 aromatic rings. The van der Waals surface area contributed by atoms with Crippen LogP contribution in [0.3, 0.4) is 0 Å². The van der Waals surface area contributed by atoms with Crippen molar-refractivity contribution in [3.8, 4) is 5.75 Å². The van der Waals surface area contributed by atoms with E-state index in [1.54, 1.807) is 0 Å². The highest BCUT2D eigenvalue weighted by atomic mass is 16.5. The molecule has 0 saturated carbocycles. The van der Waals surface area contributed by atoms with Gasteiger partial charge >= 0.3 is 0 Å². The molecule has 4 nitrogen and oxygen atoms in total. The smallest absolute Gasteiger partial charge is 0.287 e.